The Balaban J connectivity index is 1.93. The maximum Gasteiger partial charge on any atom is 0.219 e. The molecule has 4 heteroatoms. The fraction of sp³-hybridized carbons (Fsp3) is 0.917. The van der Waals surface area contributed by atoms with E-state index in [1.165, 1.54) is 12.8 Å². The average Bonchev–Trinajstić information content (AvgIpc) is 3.03. The van der Waals surface area contributed by atoms with Crippen LogP contribution in [-0.2, 0) is 4.79 Å². The number of hydrogen-bond donors (Lipinski definition) is 1. The summed E-state index contributed by atoms with van der Waals surface area (Å²) in [5, 5.41) is 8.95. The van der Waals surface area contributed by atoms with Gasteiger partial charge in [-0.3, -0.25) is 9.69 Å². The predicted octanol–water partition coefficient (Wildman–Crippen LogP) is 0.454. The van der Waals surface area contributed by atoms with E-state index in [2.05, 4.69) is 9.80 Å². The molecule has 1 saturated carbocycles. The summed E-state index contributed by atoms with van der Waals surface area (Å²) in [6.45, 7) is 4.65. The number of likely N-dealkylation sites (tertiary alicyclic amines) is 1. The zero-order valence-electron chi connectivity index (χ0n) is 10.1. The number of rotatable bonds is 4. The number of aliphatic hydroxyl groups is 1. The first-order chi connectivity index (χ1) is 7.72. The normalized spacial score (nSPS) is 26.8. The van der Waals surface area contributed by atoms with Gasteiger partial charge in [0.2, 0.25) is 5.91 Å². The molecular weight excluding hydrogens is 204 g/mol. The molecule has 0 bridgehead atoms. The van der Waals surface area contributed by atoms with E-state index < -0.39 is 0 Å². The fourth-order valence-corrected chi connectivity index (χ4v) is 2.77. The highest BCUT2D eigenvalue weighted by atomic mass is 16.3. The van der Waals surface area contributed by atoms with Crippen molar-refractivity contribution in [2.24, 2.45) is 0 Å². The van der Waals surface area contributed by atoms with Crippen molar-refractivity contribution in [3.05, 3.63) is 0 Å². The number of amides is 1. The number of carbonyl (C=O) groups excluding carboxylic acids is 1. The van der Waals surface area contributed by atoms with Crippen molar-refractivity contribution >= 4 is 5.91 Å². The van der Waals surface area contributed by atoms with Crippen LogP contribution in [0.3, 0.4) is 0 Å². The van der Waals surface area contributed by atoms with Crippen molar-refractivity contribution in [1.82, 2.24) is 9.80 Å². The van der Waals surface area contributed by atoms with Crippen LogP contribution in [-0.4, -0.2) is 59.1 Å². The monoisotopic (exact) mass is 226 g/mol. The van der Waals surface area contributed by atoms with Crippen molar-refractivity contribution in [2.75, 3.05) is 26.2 Å². The van der Waals surface area contributed by atoms with Crippen LogP contribution < -0.4 is 0 Å². The number of carbonyl (C=O) groups is 1. The molecule has 1 atom stereocenters. The molecule has 0 spiro atoms. The maximum absolute atomic E-state index is 11.6. The summed E-state index contributed by atoms with van der Waals surface area (Å²) in [6, 6.07) is 0.891. The summed E-state index contributed by atoms with van der Waals surface area (Å²) >= 11 is 0. The van der Waals surface area contributed by atoms with Crippen molar-refractivity contribution in [3.8, 4) is 0 Å². The summed E-state index contributed by atoms with van der Waals surface area (Å²) in [5.41, 5.74) is 0. The lowest BCUT2D eigenvalue weighted by Gasteiger charge is -2.39. The minimum Gasteiger partial charge on any atom is -0.395 e. The third-order valence-corrected chi connectivity index (χ3v) is 3.59. The molecule has 16 heavy (non-hydrogen) atoms. The molecule has 1 amide bonds. The van der Waals surface area contributed by atoms with Crippen molar-refractivity contribution < 1.29 is 9.90 Å². The van der Waals surface area contributed by atoms with Gasteiger partial charge in [-0.2, -0.15) is 0 Å². The van der Waals surface area contributed by atoms with Gasteiger partial charge >= 0.3 is 0 Å². The lowest BCUT2D eigenvalue weighted by molar-refractivity contribution is -0.133. The number of aliphatic hydroxyl groups excluding tert-OH is 1. The first-order valence-corrected chi connectivity index (χ1v) is 6.34. The molecule has 4 nitrogen and oxygen atoms in total. The Morgan fingerprint density at radius 3 is 2.69 bits per heavy atom. The second-order valence-electron chi connectivity index (χ2n) is 4.98. The molecule has 1 aliphatic heterocycles. The van der Waals surface area contributed by atoms with Crippen LogP contribution >= 0.6 is 0 Å². The summed E-state index contributed by atoms with van der Waals surface area (Å²) in [7, 11) is 0. The lowest BCUT2D eigenvalue weighted by atomic mass is 10.0. The Morgan fingerprint density at radius 2 is 2.12 bits per heavy atom. The quantitative estimate of drug-likeness (QED) is 0.757. The van der Waals surface area contributed by atoms with Gasteiger partial charge in [0.05, 0.1) is 6.61 Å². The van der Waals surface area contributed by atoms with Crippen LogP contribution in [0.1, 0.15) is 32.6 Å². The molecule has 1 saturated heterocycles. The lowest BCUT2D eigenvalue weighted by Crippen LogP contribution is -2.51. The topological polar surface area (TPSA) is 43.8 Å². The van der Waals surface area contributed by atoms with Crippen LogP contribution in [0.2, 0.25) is 0 Å². The van der Waals surface area contributed by atoms with Crippen LogP contribution in [0.4, 0.5) is 0 Å². The highest BCUT2D eigenvalue weighted by Gasteiger charge is 2.37. The first kappa shape index (κ1) is 11.9. The van der Waals surface area contributed by atoms with Gasteiger partial charge in [-0.05, 0) is 32.2 Å². The second-order valence-corrected chi connectivity index (χ2v) is 4.98. The molecule has 0 radical (unpaired) electrons. The molecule has 1 unspecified atom stereocenters. The SMILES string of the molecule is CC(=O)N(C1CC1)C1CCCN(CCO)C1. The van der Waals surface area contributed by atoms with Crippen molar-refractivity contribution in [2.45, 2.75) is 44.7 Å². The minimum atomic E-state index is 0.218. The molecule has 2 rings (SSSR count). The molecule has 2 fully saturated rings. The molecular formula is C12H22N2O2. The van der Waals surface area contributed by atoms with Crippen LogP contribution in [0.5, 0.6) is 0 Å². The van der Waals surface area contributed by atoms with Gasteiger partial charge in [0.15, 0.2) is 0 Å². The predicted molar refractivity (Wildman–Crippen MR) is 62.1 cm³/mol. The largest absolute Gasteiger partial charge is 0.395 e. The second kappa shape index (κ2) is 5.15. The molecule has 0 aromatic carbocycles. The smallest absolute Gasteiger partial charge is 0.219 e. The zero-order valence-corrected chi connectivity index (χ0v) is 10.1. The van der Waals surface area contributed by atoms with Gasteiger partial charge in [0, 0.05) is 32.1 Å². The van der Waals surface area contributed by atoms with Gasteiger partial charge in [0.1, 0.15) is 0 Å². The average molecular weight is 226 g/mol. The number of hydrogen-bond acceptors (Lipinski definition) is 3. The van der Waals surface area contributed by atoms with Crippen LogP contribution in [0, 0.1) is 0 Å². The van der Waals surface area contributed by atoms with Gasteiger partial charge in [0.25, 0.3) is 0 Å². The molecule has 2 aliphatic rings. The number of piperidine rings is 1. The highest BCUT2D eigenvalue weighted by Crippen LogP contribution is 2.31. The van der Waals surface area contributed by atoms with Crippen molar-refractivity contribution in [3.63, 3.8) is 0 Å². The molecule has 1 N–H and O–H groups in total. The maximum atomic E-state index is 11.6. The third kappa shape index (κ3) is 2.74. The fourth-order valence-electron chi connectivity index (χ4n) is 2.77. The first-order valence-electron chi connectivity index (χ1n) is 6.34. The Kier molecular flexibility index (Phi) is 3.82. The van der Waals surface area contributed by atoms with E-state index in [-0.39, 0.29) is 12.5 Å². The Morgan fingerprint density at radius 1 is 1.38 bits per heavy atom. The molecule has 1 heterocycles. The molecule has 92 valence electrons. The van der Waals surface area contributed by atoms with Crippen molar-refractivity contribution in [1.29, 1.82) is 0 Å². The van der Waals surface area contributed by atoms with E-state index in [4.69, 9.17) is 5.11 Å². The number of nitrogens with zero attached hydrogens (tertiary/aromatic N) is 2. The van der Waals surface area contributed by atoms with E-state index >= 15 is 0 Å². The summed E-state index contributed by atoms with van der Waals surface area (Å²) in [5.74, 6) is 0.221. The van der Waals surface area contributed by atoms with E-state index in [0.29, 0.717) is 12.1 Å². The standard InChI is InChI=1S/C12H22N2O2/c1-10(16)14(11-4-5-11)12-3-2-6-13(9-12)7-8-15/h11-12,15H,2-9H2,1H3. The van der Waals surface area contributed by atoms with Crippen LogP contribution in [0.25, 0.3) is 0 Å². The van der Waals surface area contributed by atoms with E-state index in [0.717, 1.165) is 32.5 Å². The van der Waals surface area contributed by atoms with Gasteiger partial charge in [-0.1, -0.05) is 0 Å². The summed E-state index contributed by atoms with van der Waals surface area (Å²) < 4.78 is 0. The van der Waals surface area contributed by atoms with Crippen LogP contribution in [0.15, 0.2) is 0 Å². The van der Waals surface area contributed by atoms with E-state index in [9.17, 15) is 4.79 Å². The molecule has 0 aromatic heterocycles. The summed E-state index contributed by atoms with van der Waals surface area (Å²) in [4.78, 5) is 16.0. The zero-order chi connectivity index (χ0) is 11.5. The van der Waals surface area contributed by atoms with Gasteiger partial charge < -0.3 is 10.0 Å². The molecule has 0 aromatic rings. The highest BCUT2D eigenvalue weighted by molar-refractivity contribution is 5.74. The number of β-amino-alcohol motifs (C(OH)–C–C–N with tert-alkyl or cyclic N) is 1. The third-order valence-electron chi connectivity index (χ3n) is 3.59. The Bertz CT molecular complexity index is 251. The Hall–Kier alpha value is -0.610. The Labute approximate surface area is 97.2 Å². The van der Waals surface area contributed by atoms with Gasteiger partial charge in [-0.15, -0.1) is 0 Å². The summed E-state index contributed by atoms with van der Waals surface area (Å²) in [6.07, 6.45) is 4.62. The molecule has 1 aliphatic carbocycles. The van der Waals surface area contributed by atoms with E-state index in [1.54, 1.807) is 6.92 Å². The minimum absolute atomic E-state index is 0.218. The van der Waals surface area contributed by atoms with E-state index in [1.807, 2.05) is 0 Å². The van der Waals surface area contributed by atoms with Gasteiger partial charge in [-0.25, -0.2) is 0 Å².